The van der Waals surface area contributed by atoms with Crippen molar-refractivity contribution in [2.45, 2.75) is 6.42 Å². The smallest absolute Gasteiger partial charge is 0.274 e. The molecular weight excluding hydrogens is 352 g/mol. The molecule has 2 aliphatic carbocycles. The van der Waals surface area contributed by atoms with Crippen LogP contribution in [0.25, 0.3) is 0 Å². The van der Waals surface area contributed by atoms with Gasteiger partial charge in [-0.2, -0.15) is 0 Å². The number of imide groups is 1. The lowest BCUT2D eigenvalue weighted by molar-refractivity contribution is -0.384. The molecule has 1 aromatic carbocycles. The van der Waals surface area contributed by atoms with E-state index < -0.39 is 4.92 Å². The first-order chi connectivity index (χ1) is 10.5. The minimum atomic E-state index is -0.568. The van der Waals surface area contributed by atoms with Crippen molar-refractivity contribution in [3.05, 3.63) is 44.9 Å². The van der Waals surface area contributed by atoms with Gasteiger partial charge in [-0.15, -0.1) is 0 Å². The van der Waals surface area contributed by atoms with E-state index >= 15 is 0 Å². The fourth-order valence-electron chi connectivity index (χ4n) is 3.97. The number of carbonyl (C=O) groups excluding carboxylic acids is 2. The number of amides is 2. The molecule has 112 valence electrons. The van der Waals surface area contributed by atoms with Crippen LogP contribution in [0.2, 0.25) is 0 Å². The highest BCUT2D eigenvalue weighted by molar-refractivity contribution is 9.10. The third kappa shape index (κ3) is 1.65. The van der Waals surface area contributed by atoms with Gasteiger partial charge in [0, 0.05) is 10.5 Å². The molecule has 1 saturated carbocycles. The van der Waals surface area contributed by atoms with Crippen molar-refractivity contribution in [1.82, 2.24) is 0 Å². The molecule has 3 aliphatic rings. The van der Waals surface area contributed by atoms with Crippen LogP contribution in [-0.4, -0.2) is 16.7 Å². The first-order valence-corrected chi connectivity index (χ1v) is 7.78. The molecule has 0 spiro atoms. The van der Waals surface area contributed by atoms with Crippen molar-refractivity contribution in [1.29, 1.82) is 0 Å². The van der Waals surface area contributed by atoms with E-state index in [-0.39, 0.29) is 46.9 Å². The minimum absolute atomic E-state index is 0.0667. The summed E-state index contributed by atoms with van der Waals surface area (Å²) in [5, 5.41) is 11.3. The first kappa shape index (κ1) is 13.6. The SMILES string of the molecule is O=C1[C@@H]2[C@@H](C(=O)N1c1ccc(Br)cc1[N+](=O)[O-])[C@H]1C=C[C@H]2C1. The molecule has 0 aromatic heterocycles. The third-order valence-electron chi connectivity index (χ3n) is 4.85. The summed E-state index contributed by atoms with van der Waals surface area (Å²) in [4.78, 5) is 37.1. The monoisotopic (exact) mass is 362 g/mol. The van der Waals surface area contributed by atoms with Crippen LogP contribution in [0.5, 0.6) is 0 Å². The standard InChI is InChI=1S/C15H11BrN2O4/c16-9-3-4-10(11(6-9)18(21)22)17-14(19)12-7-1-2-8(5-7)13(12)15(17)20/h1-4,6-8,12-13H,5H2/t7-,8-,12-,13-/m0/s1. The summed E-state index contributed by atoms with van der Waals surface area (Å²) in [5.41, 5.74) is -0.173. The van der Waals surface area contributed by atoms with E-state index in [0.29, 0.717) is 4.47 Å². The van der Waals surface area contributed by atoms with Gasteiger partial charge in [-0.1, -0.05) is 28.1 Å². The Hall–Kier alpha value is -2.02. The van der Waals surface area contributed by atoms with E-state index in [1.165, 1.54) is 12.1 Å². The summed E-state index contributed by atoms with van der Waals surface area (Å²) in [7, 11) is 0. The molecular formula is C15H11BrN2O4. The number of allylic oxidation sites excluding steroid dienone is 2. The van der Waals surface area contributed by atoms with Crippen molar-refractivity contribution in [2.75, 3.05) is 4.90 Å². The highest BCUT2D eigenvalue weighted by atomic mass is 79.9. The highest BCUT2D eigenvalue weighted by Gasteiger charge is 2.60. The van der Waals surface area contributed by atoms with Crippen molar-refractivity contribution < 1.29 is 14.5 Å². The second kappa shape index (κ2) is 4.49. The summed E-state index contributed by atoms with van der Waals surface area (Å²) in [5.74, 6) is -1.15. The van der Waals surface area contributed by atoms with Crippen LogP contribution < -0.4 is 4.90 Å². The average Bonchev–Trinajstić information content (AvgIpc) is 3.14. The number of rotatable bonds is 2. The Labute approximate surface area is 134 Å². The third-order valence-corrected chi connectivity index (χ3v) is 5.34. The summed E-state index contributed by atoms with van der Waals surface area (Å²) in [6, 6.07) is 4.37. The van der Waals surface area contributed by atoms with Gasteiger partial charge in [-0.05, 0) is 30.4 Å². The first-order valence-electron chi connectivity index (χ1n) is 6.99. The van der Waals surface area contributed by atoms with E-state index in [2.05, 4.69) is 15.9 Å². The van der Waals surface area contributed by atoms with Crippen LogP contribution in [0.1, 0.15) is 6.42 Å². The summed E-state index contributed by atoms with van der Waals surface area (Å²) >= 11 is 3.18. The Morgan fingerprint density at radius 1 is 1.14 bits per heavy atom. The number of hydrogen-bond acceptors (Lipinski definition) is 4. The number of halogens is 1. The number of anilines is 1. The number of carbonyl (C=O) groups is 2. The van der Waals surface area contributed by atoms with Crippen molar-refractivity contribution in [3.63, 3.8) is 0 Å². The summed E-state index contributed by atoms with van der Waals surface area (Å²) < 4.78 is 0.531. The maximum atomic E-state index is 12.7. The molecule has 1 saturated heterocycles. The average molecular weight is 363 g/mol. The van der Waals surface area contributed by atoms with Gasteiger partial charge in [0.2, 0.25) is 11.8 Å². The lowest BCUT2D eigenvalue weighted by Crippen LogP contribution is -2.33. The van der Waals surface area contributed by atoms with Crippen LogP contribution >= 0.6 is 15.9 Å². The second-order valence-corrected chi connectivity index (χ2v) is 6.82. The number of benzene rings is 1. The van der Waals surface area contributed by atoms with Crippen molar-refractivity contribution >= 4 is 39.1 Å². The molecule has 1 aliphatic heterocycles. The van der Waals surface area contributed by atoms with Gasteiger partial charge >= 0.3 is 0 Å². The van der Waals surface area contributed by atoms with E-state index in [9.17, 15) is 19.7 Å². The molecule has 0 unspecified atom stereocenters. The number of fused-ring (bicyclic) bond motifs is 5. The summed E-state index contributed by atoms with van der Waals surface area (Å²) in [6.07, 6.45) is 4.83. The Kier molecular flexibility index (Phi) is 2.78. The maximum Gasteiger partial charge on any atom is 0.294 e. The van der Waals surface area contributed by atoms with E-state index in [1.54, 1.807) is 6.07 Å². The van der Waals surface area contributed by atoms with Gasteiger partial charge in [-0.25, -0.2) is 4.90 Å². The molecule has 1 aromatic rings. The molecule has 4 atom stereocenters. The van der Waals surface area contributed by atoms with Gasteiger partial charge in [-0.3, -0.25) is 19.7 Å². The van der Waals surface area contributed by atoms with Crippen LogP contribution in [0.4, 0.5) is 11.4 Å². The van der Waals surface area contributed by atoms with E-state index in [1.807, 2.05) is 12.2 Å². The van der Waals surface area contributed by atoms with Crippen LogP contribution in [0.15, 0.2) is 34.8 Å². The zero-order valence-electron chi connectivity index (χ0n) is 11.3. The quantitative estimate of drug-likeness (QED) is 0.350. The fourth-order valence-corrected chi connectivity index (χ4v) is 4.32. The predicted molar refractivity (Wildman–Crippen MR) is 81.0 cm³/mol. The highest BCUT2D eigenvalue weighted by Crippen LogP contribution is 2.53. The topological polar surface area (TPSA) is 80.5 Å². The van der Waals surface area contributed by atoms with E-state index in [0.717, 1.165) is 11.3 Å². The molecule has 1 heterocycles. The zero-order valence-corrected chi connectivity index (χ0v) is 12.9. The lowest BCUT2D eigenvalue weighted by atomic mass is 9.85. The molecule has 6 nitrogen and oxygen atoms in total. The van der Waals surface area contributed by atoms with Gasteiger partial charge in [0.1, 0.15) is 5.69 Å². The fraction of sp³-hybridized carbons (Fsp3) is 0.333. The van der Waals surface area contributed by atoms with Gasteiger partial charge < -0.3 is 0 Å². The van der Waals surface area contributed by atoms with Crippen LogP contribution in [-0.2, 0) is 9.59 Å². The largest absolute Gasteiger partial charge is 0.294 e. The molecule has 4 rings (SSSR count). The number of nitrogens with zero attached hydrogens (tertiary/aromatic N) is 2. The molecule has 22 heavy (non-hydrogen) atoms. The molecule has 2 bridgehead atoms. The second-order valence-electron chi connectivity index (χ2n) is 5.90. The Morgan fingerprint density at radius 2 is 1.73 bits per heavy atom. The van der Waals surface area contributed by atoms with Crippen LogP contribution in [0, 0.1) is 33.8 Å². The van der Waals surface area contributed by atoms with Crippen molar-refractivity contribution in [2.24, 2.45) is 23.7 Å². The Bertz CT molecular complexity index is 730. The lowest BCUT2D eigenvalue weighted by Gasteiger charge is -2.17. The Morgan fingerprint density at radius 3 is 2.27 bits per heavy atom. The van der Waals surface area contributed by atoms with Gasteiger partial charge in [0.05, 0.1) is 16.8 Å². The Balaban J connectivity index is 1.81. The van der Waals surface area contributed by atoms with Gasteiger partial charge in [0.25, 0.3) is 5.69 Å². The molecule has 7 heteroatoms. The number of nitro groups is 1. The van der Waals surface area contributed by atoms with Crippen molar-refractivity contribution in [3.8, 4) is 0 Å². The molecule has 2 fully saturated rings. The van der Waals surface area contributed by atoms with Gasteiger partial charge in [0.15, 0.2) is 0 Å². The number of nitro benzene ring substituents is 1. The predicted octanol–water partition coefficient (Wildman–Crippen LogP) is 2.67. The minimum Gasteiger partial charge on any atom is -0.274 e. The molecule has 2 amide bonds. The summed E-state index contributed by atoms with van der Waals surface area (Å²) in [6.45, 7) is 0. The van der Waals surface area contributed by atoms with Crippen LogP contribution in [0.3, 0.4) is 0 Å². The zero-order chi connectivity index (χ0) is 15.6. The number of hydrogen-bond donors (Lipinski definition) is 0. The maximum absolute atomic E-state index is 12.7. The normalized spacial score (nSPS) is 32.0. The molecule has 0 N–H and O–H groups in total. The van der Waals surface area contributed by atoms with E-state index in [4.69, 9.17) is 0 Å². The molecule has 0 radical (unpaired) electrons.